The molecule has 1 aromatic carbocycles. The van der Waals surface area contributed by atoms with Crippen LogP contribution in [-0.4, -0.2) is 30.9 Å². The monoisotopic (exact) mass is 415 g/mol. The van der Waals surface area contributed by atoms with Crippen molar-refractivity contribution in [3.8, 4) is 16.9 Å². The first-order valence-corrected chi connectivity index (χ1v) is 9.27. The molecule has 0 aliphatic carbocycles. The molecular weight excluding hydrogens is 400 g/mol. The third-order valence-electron chi connectivity index (χ3n) is 4.29. The number of anilines is 1. The Hall–Kier alpha value is -3.44. The van der Waals surface area contributed by atoms with Gasteiger partial charge in [0.2, 0.25) is 0 Å². The zero-order valence-corrected chi connectivity index (χ0v) is 15.7. The van der Waals surface area contributed by atoms with Crippen molar-refractivity contribution in [2.45, 2.75) is 6.54 Å². The van der Waals surface area contributed by atoms with E-state index in [0.717, 1.165) is 20.3 Å². The highest BCUT2D eigenvalue weighted by Crippen LogP contribution is 2.29. The Labute approximate surface area is 166 Å². The minimum absolute atomic E-state index is 0.0634. The number of nitrogens with zero attached hydrogens (tertiary/aromatic N) is 5. The molecule has 4 aromatic rings. The molecule has 11 heteroatoms. The van der Waals surface area contributed by atoms with Crippen LogP contribution in [0, 0.1) is 5.82 Å². The quantitative estimate of drug-likeness (QED) is 0.516. The topological polar surface area (TPSA) is 118 Å². The van der Waals surface area contributed by atoms with Gasteiger partial charge in [0.05, 0.1) is 23.1 Å². The average molecular weight is 415 g/mol. The number of pyridine rings is 1. The van der Waals surface area contributed by atoms with Gasteiger partial charge in [-0.25, -0.2) is 32.8 Å². The highest BCUT2D eigenvalue weighted by Gasteiger charge is 2.15. The largest absolute Gasteiger partial charge is 0.375 e. The van der Waals surface area contributed by atoms with Crippen molar-refractivity contribution < 1.29 is 8.78 Å². The van der Waals surface area contributed by atoms with Gasteiger partial charge in [0.15, 0.2) is 16.8 Å². The highest BCUT2D eigenvalue weighted by atomic mass is 32.1. The first-order chi connectivity index (χ1) is 14.0. The Morgan fingerprint density at radius 2 is 2.10 bits per heavy atom. The van der Waals surface area contributed by atoms with E-state index in [-0.39, 0.29) is 24.5 Å². The predicted molar refractivity (Wildman–Crippen MR) is 107 cm³/mol. The van der Waals surface area contributed by atoms with Gasteiger partial charge in [-0.2, -0.15) is 5.10 Å². The molecule has 0 amide bonds. The van der Waals surface area contributed by atoms with Crippen LogP contribution < -0.4 is 17.2 Å². The van der Waals surface area contributed by atoms with Crippen molar-refractivity contribution in [1.82, 2.24) is 24.3 Å². The van der Waals surface area contributed by atoms with Gasteiger partial charge in [0.25, 0.3) is 0 Å². The lowest BCUT2D eigenvalue weighted by molar-refractivity contribution is 0.596. The van der Waals surface area contributed by atoms with Crippen LogP contribution >= 0.6 is 11.3 Å². The van der Waals surface area contributed by atoms with Gasteiger partial charge in [0, 0.05) is 18.3 Å². The van der Waals surface area contributed by atoms with E-state index in [2.05, 4.69) is 15.1 Å². The van der Waals surface area contributed by atoms with Crippen LogP contribution in [0.5, 0.6) is 0 Å². The molecule has 0 atom stereocenters. The molecule has 0 fully saturated rings. The van der Waals surface area contributed by atoms with Crippen LogP contribution in [0.4, 0.5) is 13.9 Å². The van der Waals surface area contributed by atoms with Crippen LogP contribution in [0.3, 0.4) is 0 Å². The lowest BCUT2D eigenvalue weighted by Crippen LogP contribution is -2.26. The van der Waals surface area contributed by atoms with Gasteiger partial charge in [-0.05, 0) is 29.3 Å². The summed E-state index contributed by atoms with van der Waals surface area (Å²) >= 11 is 1.36. The molecular formula is C18H15F2N7OS. The number of nitrogens with two attached hydrogens (primary N) is 2. The number of hydrogen-bond donors (Lipinski definition) is 2. The summed E-state index contributed by atoms with van der Waals surface area (Å²) in [7, 11) is 0. The van der Waals surface area contributed by atoms with E-state index in [4.69, 9.17) is 11.5 Å². The lowest BCUT2D eigenvalue weighted by atomic mass is 10.1. The number of benzene rings is 1. The summed E-state index contributed by atoms with van der Waals surface area (Å²) in [4.78, 5) is 20.7. The number of aromatic nitrogens is 5. The first kappa shape index (κ1) is 18.9. The molecule has 0 aliphatic heterocycles. The zero-order chi connectivity index (χ0) is 20.5. The normalized spacial score (nSPS) is 12.0. The van der Waals surface area contributed by atoms with E-state index in [1.54, 1.807) is 6.07 Å². The molecule has 0 spiro atoms. The van der Waals surface area contributed by atoms with Gasteiger partial charge in [0.1, 0.15) is 6.33 Å². The number of fused-ring (bicyclic) bond motifs is 1. The molecule has 0 unspecified atom stereocenters. The predicted octanol–water partition coefficient (Wildman–Crippen LogP) is 2.24. The van der Waals surface area contributed by atoms with E-state index in [9.17, 15) is 13.6 Å². The number of nitrogen functional groups attached to an aromatic ring is 1. The fourth-order valence-corrected chi connectivity index (χ4v) is 3.53. The van der Waals surface area contributed by atoms with E-state index < -0.39 is 11.5 Å². The maximum Gasteiger partial charge on any atom is 0.351 e. The maximum absolute atomic E-state index is 14.7. The van der Waals surface area contributed by atoms with Crippen molar-refractivity contribution in [2.75, 3.05) is 12.3 Å². The Morgan fingerprint density at radius 3 is 2.83 bits per heavy atom. The molecule has 0 saturated carbocycles. The molecule has 0 bridgehead atoms. The summed E-state index contributed by atoms with van der Waals surface area (Å²) in [5.41, 5.74) is 12.6. The first-order valence-electron chi connectivity index (χ1n) is 8.45. The second kappa shape index (κ2) is 7.53. The van der Waals surface area contributed by atoms with Gasteiger partial charge >= 0.3 is 5.69 Å². The number of halogens is 2. The Balaban J connectivity index is 1.68. The smallest absolute Gasteiger partial charge is 0.351 e. The summed E-state index contributed by atoms with van der Waals surface area (Å²) in [5, 5.41) is 4.32. The average Bonchev–Trinajstić information content (AvgIpc) is 3.27. The van der Waals surface area contributed by atoms with Crippen molar-refractivity contribution in [1.29, 1.82) is 0 Å². The van der Waals surface area contributed by atoms with Crippen LogP contribution in [0.1, 0.15) is 0 Å². The number of hydrogen-bond acceptors (Lipinski definition) is 7. The second-order valence-corrected chi connectivity index (χ2v) is 7.24. The molecule has 0 saturated heterocycles. The van der Waals surface area contributed by atoms with Gasteiger partial charge in [-0.3, -0.25) is 0 Å². The summed E-state index contributed by atoms with van der Waals surface area (Å²) in [5.74, 6) is -0.912. The molecule has 3 heterocycles. The maximum atomic E-state index is 14.7. The Bertz CT molecular complexity index is 1290. The SMILES string of the molecule is NC/C(=C\F)Cn1ncn(-c2ncc(-c3ccc4sc(N)nc4c3)cc2F)c1=O. The second-order valence-electron chi connectivity index (χ2n) is 6.18. The van der Waals surface area contributed by atoms with Crippen molar-refractivity contribution in [2.24, 2.45) is 5.73 Å². The lowest BCUT2D eigenvalue weighted by Gasteiger charge is -2.06. The van der Waals surface area contributed by atoms with Crippen molar-refractivity contribution in [3.05, 3.63) is 65.0 Å². The molecule has 4 rings (SSSR count). The van der Waals surface area contributed by atoms with Gasteiger partial charge < -0.3 is 11.5 Å². The van der Waals surface area contributed by atoms with Crippen LogP contribution in [0.2, 0.25) is 0 Å². The van der Waals surface area contributed by atoms with Crippen LogP contribution in [-0.2, 0) is 6.54 Å². The molecule has 148 valence electrons. The highest BCUT2D eigenvalue weighted by molar-refractivity contribution is 7.22. The summed E-state index contributed by atoms with van der Waals surface area (Å²) in [6, 6.07) is 6.74. The molecule has 3 aromatic heterocycles. The molecule has 0 radical (unpaired) electrons. The molecule has 0 aliphatic rings. The van der Waals surface area contributed by atoms with Crippen molar-refractivity contribution in [3.63, 3.8) is 0 Å². The summed E-state index contributed by atoms with van der Waals surface area (Å²) < 4.78 is 30.3. The zero-order valence-electron chi connectivity index (χ0n) is 14.9. The fraction of sp³-hybridized carbons (Fsp3) is 0.111. The summed E-state index contributed by atoms with van der Waals surface area (Å²) in [6.07, 6.45) is 2.90. The van der Waals surface area contributed by atoms with E-state index in [1.165, 1.54) is 23.6 Å². The van der Waals surface area contributed by atoms with E-state index >= 15 is 0 Å². The third kappa shape index (κ3) is 3.52. The number of thiazole rings is 1. The Morgan fingerprint density at radius 1 is 1.28 bits per heavy atom. The van der Waals surface area contributed by atoms with Gasteiger partial charge in [-0.15, -0.1) is 0 Å². The molecule has 8 nitrogen and oxygen atoms in total. The molecule has 4 N–H and O–H groups in total. The van der Waals surface area contributed by atoms with Gasteiger partial charge in [-0.1, -0.05) is 17.4 Å². The minimum atomic E-state index is -0.706. The van der Waals surface area contributed by atoms with Crippen LogP contribution in [0.15, 0.2) is 53.5 Å². The number of rotatable bonds is 5. The third-order valence-corrected chi connectivity index (χ3v) is 5.16. The van der Waals surface area contributed by atoms with Crippen LogP contribution in [0.25, 0.3) is 27.2 Å². The Kier molecular flexibility index (Phi) is 4.91. The summed E-state index contributed by atoms with van der Waals surface area (Å²) in [6.45, 7) is -0.193. The van der Waals surface area contributed by atoms with E-state index in [1.807, 2.05) is 12.1 Å². The minimum Gasteiger partial charge on any atom is -0.375 e. The standard InChI is InChI=1S/C18H15F2N7OS/c19-5-10(6-21)8-27-18(28)26(9-24-27)16-13(20)3-12(7-23-16)11-1-2-15-14(4-11)25-17(22)29-15/h1-5,7,9H,6,8,21H2,(H2,22,25)/b10-5+. The van der Waals surface area contributed by atoms with E-state index in [0.29, 0.717) is 28.1 Å². The fourth-order valence-electron chi connectivity index (χ4n) is 2.82. The van der Waals surface area contributed by atoms with Crippen molar-refractivity contribution >= 4 is 26.7 Å². The molecule has 29 heavy (non-hydrogen) atoms.